The maximum absolute atomic E-state index is 12.5. The Balaban J connectivity index is 1.39. The number of aromatic hydroxyl groups is 1. The third-order valence-corrected chi connectivity index (χ3v) is 5.63. The van der Waals surface area contributed by atoms with Crippen LogP contribution in [0.25, 0.3) is 0 Å². The molecule has 2 aromatic rings. The molecule has 0 spiro atoms. The first-order valence-corrected chi connectivity index (χ1v) is 10.8. The number of piperazine rings is 1. The van der Waals surface area contributed by atoms with E-state index in [1.165, 1.54) is 19.2 Å². The Hall–Kier alpha value is -2.81. The van der Waals surface area contributed by atoms with Gasteiger partial charge in [-0.05, 0) is 37.1 Å². The zero-order chi connectivity index (χ0) is 23.1. The maximum Gasteiger partial charge on any atom is 0.238 e. The number of methoxy groups -OCH3 is 1. The van der Waals surface area contributed by atoms with Gasteiger partial charge in [0.15, 0.2) is 11.5 Å². The summed E-state index contributed by atoms with van der Waals surface area (Å²) >= 11 is 0. The van der Waals surface area contributed by atoms with Crippen LogP contribution in [0.4, 0.5) is 5.69 Å². The van der Waals surface area contributed by atoms with Crippen molar-refractivity contribution in [3.63, 3.8) is 0 Å². The van der Waals surface area contributed by atoms with E-state index in [0.29, 0.717) is 24.6 Å². The van der Waals surface area contributed by atoms with Crippen molar-refractivity contribution in [2.75, 3.05) is 58.3 Å². The molecule has 174 valence electrons. The number of amides is 1. The number of aliphatic hydroxyl groups is 1. The molecule has 1 aliphatic heterocycles. The fourth-order valence-electron chi connectivity index (χ4n) is 3.84. The number of carbonyl (C=O) groups excluding carboxylic acids is 1. The quantitative estimate of drug-likeness (QED) is 0.546. The molecule has 1 atom stereocenters. The molecule has 0 radical (unpaired) electrons. The van der Waals surface area contributed by atoms with Crippen molar-refractivity contribution in [3.8, 4) is 17.2 Å². The summed E-state index contributed by atoms with van der Waals surface area (Å²) < 4.78 is 10.8. The number of β-amino-alcohol motifs (C(OH)–C–C–N with tert-alkyl or cyclic N) is 1. The molecule has 3 rings (SSSR count). The predicted octanol–water partition coefficient (Wildman–Crippen LogP) is 2.01. The number of hydrogen-bond donors (Lipinski definition) is 3. The van der Waals surface area contributed by atoms with Crippen LogP contribution in [0.2, 0.25) is 0 Å². The van der Waals surface area contributed by atoms with Crippen LogP contribution in [0.5, 0.6) is 17.2 Å². The monoisotopic (exact) mass is 443 g/mol. The lowest BCUT2D eigenvalue weighted by atomic mass is 10.1. The maximum atomic E-state index is 12.5. The number of ether oxygens (including phenoxy) is 2. The molecule has 2 aromatic carbocycles. The number of nitrogens with one attached hydrogen (secondary N) is 1. The van der Waals surface area contributed by atoms with Crippen LogP contribution in [0.15, 0.2) is 36.4 Å². The minimum Gasteiger partial charge on any atom is -0.508 e. The number of aliphatic hydroxyl groups excluding tert-OH is 1. The molecule has 1 heterocycles. The van der Waals surface area contributed by atoms with Gasteiger partial charge in [0.25, 0.3) is 0 Å². The van der Waals surface area contributed by atoms with Crippen LogP contribution in [0.3, 0.4) is 0 Å². The molecule has 0 aromatic heterocycles. The van der Waals surface area contributed by atoms with E-state index in [-0.39, 0.29) is 18.3 Å². The largest absolute Gasteiger partial charge is 0.508 e. The highest BCUT2D eigenvalue weighted by molar-refractivity contribution is 5.93. The summed E-state index contributed by atoms with van der Waals surface area (Å²) in [4.78, 5) is 16.8. The molecule has 0 saturated carbocycles. The molecular formula is C24H33N3O5. The number of aryl methyl sites for hydroxylation is 2. The zero-order valence-electron chi connectivity index (χ0n) is 19.0. The zero-order valence-corrected chi connectivity index (χ0v) is 19.0. The van der Waals surface area contributed by atoms with Gasteiger partial charge >= 0.3 is 0 Å². The number of benzene rings is 2. The molecule has 1 aliphatic rings. The minimum atomic E-state index is -0.660. The number of anilines is 1. The fourth-order valence-corrected chi connectivity index (χ4v) is 3.84. The second-order valence-electron chi connectivity index (χ2n) is 8.19. The number of phenolic OH excluding ortho intramolecular Hbond substituents is 1. The molecule has 32 heavy (non-hydrogen) atoms. The van der Waals surface area contributed by atoms with E-state index in [1.807, 2.05) is 32.0 Å². The Morgan fingerprint density at radius 3 is 2.38 bits per heavy atom. The van der Waals surface area contributed by atoms with E-state index in [0.717, 1.165) is 43.0 Å². The van der Waals surface area contributed by atoms with Crippen molar-refractivity contribution in [2.45, 2.75) is 20.0 Å². The van der Waals surface area contributed by atoms with Gasteiger partial charge in [-0.25, -0.2) is 0 Å². The molecule has 8 heteroatoms. The summed E-state index contributed by atoms with van der Waals surface area (Å²) in [5.74, 6) is 0.983. The van der Waals surface area contributed by atoms with Crippen molar-refractivity contribution < 1.29 is 24.5 Å². The lowest BCUT2D eigenvalue weighted by molar-refractivity contribution is -0.117. The second-order valence-corrected chi connectivity index (χ2v) is 8.19. The molecule has 0 aliphatic carbocycles. The number of carbonyl (C=O) groups is 1. The van der Waals surface area contributed by atoms with E-state index in [2.05, 4.69) is 15.1 Å². The van der Waals surface area contributed by atoms with Gasteiger partial charge in [-0.3, -0.25) is 14.6 Å². The normalized spacial score (nSPS) is 15.9. The van der Waals surface area contributed by atoms with Crippen molar-refractivity contribution in [1.82, 2.24) is 9.80 Å². The summed E-state index contributed by atoms with van der Waals surface area (Å²) in [5, 5.41) is 22.9. The van der Waals surface area contributed by atoms with Crippen molar-refractivity contribution in [2.24, 2.45) is 0 Å². The van der Waals surface area contributed by atoms with Crippen LogP contribution in [0, 0.1) is 13.8 Å². The number of phenols is 1. The van der Waals surface area contributed by atoms with Gasteiger partial charge in [0.1, 0.15) is 18.5 Å². The highest BCUT2D eigenvalue weighted by Crippen LogP contribution is 2.30. The summed E-state index contributed by atoms with van der Waals surface area (Å²) in [5.41, 5.74) is 3.01. The highest BCUT2D eigenvalue weighted by atomic mass is 16.5. The second kappa shape index (κ2) is 11.2. The fraction of sp³-hybridized carbons (Fsp3) is 0.458. The van der Waals surface area contributed by atoms with Crippen molar-refractivity contribution in [3.05, 3.63) is 47.5 Å². The van der Waals surface area contributed by atoms with E-state index >= 15 is 0 Å². The third-order valence-electron chi connectivity index (χ3n) is 5.63. The molecule has 1 amide bonds. The molecule has 0 bridgehead atoms. The lowest BCUT2D eigenvalue weighted by Gasteiger charge is -2.35. The van der Waals surface area contributed by atoms with Gasteiger partial charge in [-0.1, -0.05) is 18.2 Å². The van der Waals surface area contributed by atoms with Crippen molar-refractivity contribution >= 4 is 11.6 Å². The Morgan fingerprint density at radius 1 is 1.06 bits per heavy atom. The van der Waals surface area contributed by atoms with Gasteiger partial charge in [-0.15, -0.1) is 0 Å². The van der Waals surface area contributed by atoms with Gasteiger partial charge in [0.2, 0.25) is 5.91 Å². The highest BCUT2D eigenvalue weighted by Gasteiger charge is 2.21. The molecular weight excluding hydrogens is 410 g/mol. The third kappa shape index (κ3) is 6.59. The van der Waals surface area contributed by atoms with E-state index in [4.69, 9.17) is 9.47 Å². The predicted molar refractivity (Wildman–Crippen MR) is 124 cm³/mol. The Morgan fingerprint density at radius 2 is 1.72 bits per heavy atom. The summed E-state index contributed by atoms with van der Waals surface area (Å²) in [6.07, 6.45) is -0.660. The molecule has 1 saturated heterocycles. The standard InChI is InChI=1S/C24H33N3O5/c1-17-5-4-6-18(2)24(17)25-23(30)15-27-11-9-26(10-12-27)14-20(29)16-32-21-8-7-19(28)13-22(21)31-3/h4-8,13,20,28-29H,9-12,14-16H2,1-3H3,(H,25,30). The minimum absolute atomic E-state index is 0.00729. The Kier molecular flexibility index (Phi) is 8.33. The van der Waals surface area contributed by atoms with Crippen LogP contribution >= 0.6 is 0 Å². The summed E-state index contributed by atoms with van der Waals surface area (Å²) in [6.45, 7) is 8.03. The number of para-hydroxylation sites is 1. The molecule has 3 N–H and O–H groups in total. The van der Waals surface area contributed by atoms with E-state index < -0.39 is 6.10 Å². The van der Waals surface area contributed by atoms with E-state index in [1.54, 1.807) is 6.07 Å². The topological polar surface area (TPSA) is 94.5 Å². The summed E-state index contributed by atoms with van der Waals surface area (Å²) in [7, 11) is 1.50. The first kappa shape index (κ1) is 23.8. The first-order chi connectivity index (χ1) is 15.4. The molecule has 1 unspecified atom stereocenters. The average molecular weight is 444 g/mol. The molecule has 1 fully saturated rings. The number of hydrogen-bond acceptors (Lipinski definition) is 7. The number of nitrogens with zero attached hydrogens (tertiary/aromatic N) is 2. The van der Waals surface area contributed by atoms with Crippen LogP contribution in [0.1, 0.15) is 11.1 Å². The Bertz CT molecular complexity index is 892. The van der Waals surface area contributed by atoms with Crippen LogP contribution in [-0.2, 0) is 4.79 Å². The van der Waals surface area contributed by atoms with E-state index in [9.17, 15) is 15.0 Å². The van der Waals surface area contributed by atoms with Crippen LogP contribution in [-0.4, -0.2) is 85.0 Å². The number of rotatable bonds is 9. The van der Waals surface area contributed by atoms with Gasteiger partial charge < -0.3 is 25.0 Å². The van der Waals surface area contributed by atoms with Gasteiger partial charge in [0, 0.05) is 44.5 Å². The van der Waals surface area contributed by atoms with Crippen LogP contribution < -0.4 is 14.8 Å². The Labute approximate surface area is 189 Å². The van der Waals surface area contributed by atoms with Gasteiger partial charge in [-0.2, -0.15) is 0 Å². The smallest absolute Gasteiger partial charge is 0.238 e. The first-order valence-electron chi connectivity index (χ1n) is 10.8. The van der Waals surface area contributed by atoms with Crippen molar-refractivity contribution in [1.29, 1.82) is 0 Å². The lowest BCUT2D eigenvalue weighted by Crippen LogP contribution is -2.50. The SMILES string of the molecule is COc1cc(O)ccc1OCC(O)CN1CCN(CC(=O)Nc2c(C)cccc2C)CC1. The summed E-state index contributed by atoms with van der Waals surface area (Å²) in [6, 6.07) is 10.6. The van der Waals surface area contributed by atoms with Gasteiger partial charge in [0.05, 0.1) is 13.7 Å². The average Bonchev–Trinajstić information content (AvgIpc) is 2.77. The molecule has 8 nitrogen and oxygen atoms in total.